The Balaban J connectivity index is 1.58. The summed E-state index contributed by atoms with van der Waals surface area (Å²) >= 11 is 0. The van der Waals surface area contributed by atoms with E-state index in [0.717, 1.165) is 33.3 Å². The van der Waals surface area contributed by atoms with Crippen molar-refractivity contribution in [1.29, 1.82) is 0 Å². The Morgan fingerprint density at radius 3 is 2.68 bits per heavy atom. The van der Waals surface area contributed by atoms with E-state index in [1.807, 2.05) is 67.9 Å². The molecule has 2 aromatic carbocycles. The number of nitrogens with one attached hydrogen (secondary N) is 1. The fraction of sp³-hybridized carbons (Fsp3) is 0.200. The van der Waals surface area contributed by atoms with E-state index in [1.165, 1.54) is 12.1 Å². The quantitative estimate of drug-likeness (QED) is 0.304. The van der Waals surface area contributed by atoms with Gasteiger partial charge < -0.3 is 9.88 Å². The van der Waals surface area contributed by atoms with E-state index in [-0.39, 0.29) is 30.0 Å². The van der Waals surface area contributed by atoms with Gasteiger partial charge in [-0.2, -0.15) is 0 Å². The van der Waals surface area contributed by atoms with Crippen LogP contribution >= 0.6 is 0 Å². The summed E-state index contributed by atoms with van der Waals surface area (Å²) < 4.78 is 17.2. The van der Waals surface area contributed by atoms with Gasteiger partial charge in [0.25, 0.3) is 5.56 Å². The van der Waals surface area contributed by atoms with Crippen LogP contribution in [-0.4, -0.2) is 25.0 Å². The number of pyridine rings is 1. The minimum absolute atomic E-state index is 0.00446. The third-order valence-electron chi connectivity index (χ3n) is 6.83. The van der Waals surface area contributed by atoms with E-state index in [2.05, 4.69) is 15.3 Å². The van der Waals surface area contributed by atoms with Crippen LogP contribution in [0.1, 0.15) is 31.4 Å². The van der Waals surface area contributed by atoms with Crippen molar-refractivity contribution in [2.75, 3.05) is 5.32 Å². The summed E-state index contributed by atoms with van der Waals surface area (Å²) in [6.45, 7) is 5.92. The van der Waals surface area contributed by atoms with Crippen molar-refractivity contribution in [2.45, 2.75) is 33.7 Å². The molecule has 192 valence electrons. The van der Waals surface area contributed by atoms with Gasteiger partial charge in [0.05, 0.1) is 35.8 Å². The Morgan fingerprint density at radius 1 is 1.08 bits per heavy atom. The van der Waals surface area contributed by atoms with Gasteiger partial charge in [-0.05, 0) is 54.8 Å². The lowest BCUT2D eigenvalue weighted by atomic mass is 10.1. The molecule has 1 amide bonds. The normalized spacial score (nSPS) is 12.0. The molecule has 5 aromatic rings. The second kappa shape index (κ2) is 10.4. The molecule has 0 radical (unpaired) electrons. The number of amides is 1. The predicted octanol–water partition coefficient (Wildman–Crippen LogP) is 5.73. The van der Waals surface area contributed by atoms with Gasteiger partial charge in [0.1, 0.15) is 5.82 Å². The summed E-state index contributed by atoms with van der Waals surface area (Å²) in [7, 11) is 0. The maximum atomic E-state index is 13.7. The minimum Gasteiger partial charge on any atom is -0.315 e. The molecule has 0 aliphatic heterocycles. The molecule has 0 fully saturated rings. The van der Waals surface area contributed by atoms with Gasteiger partial charge in [0.15, 0.2) is 5.82 Å². The molecule has 1 atom stereocenters. The van der Waals surface area contributed by atoms with Crippen molar-refractivity contribution < 1.29 is 9.18 Å². The van der Waals surface area contributed by atoms with Gasteiger partial charge in [-0.1, -0.05) is 38.1 Å². The summed E-state index contributed by atoms with van der Waals surface area (Å²) in [4.78, 5) is 35.0. The van der Waals surface area contributed by atoms with E-state index in [0.29, 0.717) is 12.1 Å². The van der Waals surface area contributed by atoms with Crippen molar-refractivity contribution in [1.82, 2.24) is 19.1 Å². The van der Waals surface area contributed by atoms with E-state index in [9.17, 15) is 14.0 Å². The summed E-state index contributed by atoms with van der Waals surface area (Å²) in [6, 6.07) is 16.2. The smallest absolute Gasteiger partial charge is 0.294 e. The molecule has 3 aromatic heterocycles. The molecule has 0 aliphatic carbocycles. The second-order valence-electron chi connectivity index (χ2n) is 9.44. The molecule has 0 saturated heterocycles. The Hall–Kier alpha value is -4.59. The van der Waals surface area contributed by atoms with E-state index < -0.39 is 5.56 Å². The summed E-state index contributed by atoms with van der Waals surface area (Å²) in [5, 5.41) is 3.49. The first-order valence-electron chi connectivity index (χ1n) is 12.5. The first-order chi connectivity index (χ1) is 18.4. The molecule has 0 aliphatic rings. The molecule has 0 saturated carbocycles. The fourth-order valence-corrected chi connectivity index (χ4v) is 4.44. The van der Waals surface area contributed by atoms with Crippen LogP contribution in [-0.2, 0) is 11.3 Å². The highest BCUT2D eigenvalue weighted by atomic mass is 19.1. The van der Waals surface area contributed by atoms with Crippen LogP contribution in [0.4, 0.5) is 10.2 Å². The first kappa shape index (κ1) is 25.1. The number of nitrogens with zero attached hydrogens (tertiary/aromatic N) is 4. The van der Waals surface area contributed by atoms with Crippen molar-refractivity contribution in [3.63, 3.8) is 0 Å². The zero-order chi connectivity index (χ0) is 26.8. The third-order valence-corrected chi connectivity index (χ3v) is 6.83. The summed E-state index contributed by atoms with van der Waals surface area (Å²) in [5.41, 5.74) is 4.54. The zero-order valence-electron chi connectivity index (χ0n) is 21.5. The highest BCUT2D eigenvalue weighted by molar-refractivity contribution is 5.91. The van der Waals surface area contributed by atoms with Crippen molar-refractivity contribution in [2.24, 2.45) is 5.92 Å². The average Bonchev–Trinajstić information content (AvgIpc) is 3.34. The van der Waals surface area contributed by atoms with Crippen LogP contribution < -0.4 is 10.9 Å². The number of hydrogen-bond donors (Lipinski definition) is 1. The molecule has 38 heavy (non-hydrogen) atoms. The Bertz CT molecular complexity index is 1710. The van der Waals surface area contributed by atoms with Crippen molar-refractivity contribution in [3.05, 3.63) is 107 Å². The fourth-order valence-electron chi connectivity index (χ4n) is 4.44. The highest BCUT2D eigenvalue weighted by Gasteiger charge is 2.18. The largest absolute Gasteiger partial charge is 0.315 e. The van der Waals surface area contributed by atoms with Gasteiger partial charge in [-0.25, -0.2) is 9.37 Å². The van der Waals surface area contributed by atoms with E-state index >= 15 is 0 Å². The lowest BCUT2D eigenvalue weighted by Gasteiger charge is -2.17. The highest BCUT2D eigenvalue weighted by Crippen LogP contribution is 2.25. The Kier molecular flexibility index (Phi) is 6.87. The molecule has 0 spiro atoms. The molecule has 8 heteroatoms. The van der Waals surface area contributed by atoms with Crippen LogP contribution in [0.3, 0.4) is 0 Å². The van der Waals surface area contributed by atoms with Crippen LogP contribution in [0.2, 0.25) is 0 Å². The topological polar surface area (TPSA) is 81.8 Å². The standard InChI is InChI=1S/C30H28FN5O2/c1-4-19(2)29(37)34-28-30(38)36(27(17-33-28)25-8-6-5-7-20(25)3)18-21-13-24(16-32-15-21)35-12-11-22-14-23(31)9-10-26(22)35/h5-17,19H,4,18H2,1-3H3,(H,33,34,37)/t19-/m1/s1. The zero-order valence-corrected chi connectivity index (χ0v) is 21.5. The maximum Gasteiger partial charge on any atom is 0.294 e. The number of aryl methyl sites for hydroxylation is 1. The van der Waals surface area contributed by atoms with Gasteiger partial charge >= 0.3 is 0 Å². The number of hydrogen-bond acceptors (Lipinski definition) is 4. The Morgan fingerprint density at radius 2 is 1.89 bits per heavy atom. The van der Waals surface area contributed by atoms with Crippen LogP contribution in [0.5, 0.6) is 0 Å². The van der Waals surface area contributed by atoms with Gasteiger partial charge in [0, 0.05) is 29.3 Å². The van der Waals surface area contributed by atoms with E-state index in [4.69, 9.17) is 0 Å². The molecule has 1 N–H and O–H groups in total. The SMILES string of the molecule is CC[C@@H](C)C(=O)Nc1ncc(-c2ccccc2C)n(Cc2cncc(-n3ccc4cc(F)ccc43)c2)c1=O. The number of fused-ring (bicyclic) bond motifs is 1. The molecular formula is C30H28FN5O2. The minimum atomic E-state index is -0.394. The van der Waals surface area contributed by atoms with Crippen LogP contribution in [0.25, 0.3) is 27.8 Å². The monoisotopic (exact) mass is 509 g/mol. The van der Waals surface area contributed by atoms with Crippen LogP contribution in [0, 0.1) is 18.7 Å². The number of carbonyl (C=O) groups excluding carboxylic acids is 1. The molecule has 0 bridgehead atoms. The number of halogens is 1. The number of benzene rings is 2. The number of rotatable bonds is 7. The van der Waals surface area contributed by atoms with Gasteiger partial charge in [-0.3, -0.25) is 19.1 Å². The van der Waals surface area contributed by atoms with E-state index in [1.54, 1.807) is 29.2 Å². The van der Waals surface area contributed by atoms with Crippen LogP contribution in [0.15, 0.2) is 84.2 Å². The second-order valence-corrected chi connectivity index (χ2v) is 9.44. The van der Waals surface area contributed by atoms with Crippen molar-refractivity contribution >= 4 is 22.6 Å². The van der Waals surface area contributed by atoms with Gasteiger partial charge in [0.2, 0.25) is 5.91 Å². The molecule has 5 rings (SSSR count). The summed E-state index contributed by atoms with van der Waals surface area (Å²) in [5.74, 6) is -0.785. The molecule has 0 unspecified atom stereocenters. The summed E-state index contributed by atoms with van der Waals surface area (Å²) in [6.07, 6.45) is 7.58. The first-order valence-corrected chi connectivity index (χ1v) is 12.5. The molecule has 7 nitrogen and oxygen atoms in total. The maximum absolute atomic E-state index is 13.7. The average molecular weight is 510 g/mol. The van der Waals surface area contributed by atoms with Gasteiger partial charge in [-0.15, -0.1) is 0 Å². The number of anilines is 1. The predicted molar refractivity (Wildman–Crippen MR) is 147 cm³/mol. The number of carbonyl (C=O) groups is 1. The van der Waals surface area contributed by atoms with Crippen molar-refractivity contribution in [3.8, 4) is 16.9 Å². The Labute approximate surface area is 219 Å². The lowest BCUT2D eigenvalue weighted by molar-refractivity contribution is -0.119. The number of aromatic nitrogens is 4. The molecule has 3 heterocycles. The lowest BCUT2D eigenvalue weighted by Crippen LogP contribution is -2.30. The molecular weight excluding hydrogens is 481 g/mol. The third kappa shape index (κ3) is 4.85.